The van der Waals surface area contributed by atoms with E-state index in [0.29, 0.717) is 37.0 Å². The molecule has 0 spiro atoms. The summed E-state index contributed by atoms with van der Waals surface area (Å²) in [5.41, 5.74) is 3.07. The molecule has 2 aliphatic heterocycles. The van der Waals surface area contributed by atoms with Crippen molar-refractivity contribution in [1.82, 2.24) is 0 Å². The van der Waals surface area contributed by atoms with Crippen LogP contribution in [0.1, 0.15) is 81.1 Å². The molecule has 2 heterocycles. The highest BCUT2D eigenvalue weighted by Gasteiger charge is 2.74. The van der Waals surface area contributed by atoms with Crippen LogP contribution in [0.2, 0.25) is 0 Å². The third kappa shape index (κ3) is 7.67. The summed E-state index contributed by atoms with van der Waals surface area (Å²) in [6, 6.07) is 0. The van der Waals surface area contributed by atoms with Crippen molar-refractivity contribution >= 4 is 11.9 Å². The van der Waals surface area contributed by atoms with E-state index in [9.17, 15) is 19.8 Å². The van der Waals surface area contributed by atoms with E-state index in [1.165, 1.54) is 6.92 Å². The van der Waals surface area contributed by atoms with Crippen molar-refractivity contribution in [3.8, 4) is 0 Å². The van der Waals surface area contributed by atoms with Gasteiger partial charge in [-0.15, -0.1) is 5.73 Å². The zero-order valence-corrected chi connectivity index (χ0v) is 27.8. The smallest absolute Gasteiger partial charge is 0.343 e. The highest BCUT2D eigenvalue weighted by Crippen LogP contribution is 2.66. The number of ether oxygens (including phenoxy) is 3. The van der Waals surface area contributed by atoms with Gasteiger partial charge in [0.2, 0.25) is 0 Å². The average Bonchev–Trinajstić information content (AvgIpc) is 3.35. The van der Waals surface area contributed by atoms with Gasteiger partial charge in [-0.2, -0.15) is 0 Å². The second-order valence-corrected chi connectivity index (χ2v) is 14.4. The number of carbonyl (C=O) groups is 2. The lowest BCUT2D eigenvalue weighted by atomic mass is 9.63. The molecule has 4 rings (SSSR count). The van der Waals surface area contributed by atoms with Crippen LogP contribution in [0.15, 0.2) is 101 Å². The molecule has 0 aromatic rings. The number of hydrogen-bond donors (Lipinski definition) is 2. The van der Waals surface area contributed by atoms with Crippen LogP contribution in [0.4, 0.5) is 0 Å². The minimum atomic E-state index is -1.14. The van der Waals surface area contributed by atoms with Crippen molar-refractivity contribution in [3.63, 3.8) is 0 Å². The highest BCUT2D eigenvalue weighted by molar-refractivity contribution is 5.95. The van der Waals surface area contributed by atoms with Gasteiger partial charge in [0.05, 0.1) is 17.3 Å². The molecule has 0 radical (unpaired) electrons. The molecule has 45 heavy (non-hydrogen) atoms. The van der Waals surface area contributed by atoms with Gasteiger partial charge in [0.1, 0.15) is 23.1 Å². The van der Waals surface area contributed by atoms with E-state index in [1.54, 1.807) is 37.3 Å². The Bertz CT molecular complexity index is 1460. The minimum Gasteiger partial charge on any atom is -0.462 e. The largest absolute Gasteiger partial charge is 0.462 e. The number of fused-ring (bicyclic) bond motifs is 1. The second kappa shape index (κ2) is 12.7. The summed E-state index contributed by atoms with van der Waals surface area (Å²) < 4.78 is 16.9. The zero-order chi connectivity index (χ0) is 33.3. The number of cyclic esters (lactones) is 1. The molecule has 5 atom stereocenters. The molecule has 0 aromatic carbocycles. The molecule has 1 saturated heterocycles. The first-order valence-electron chi connectivity index (χ1n) is 15.7. The van der Waals surface area contributed by atoms with Gasteiger partial charge < -0.3 is 24.4 Å². The van der Waals surface area contributed by atoms with Gasteiger partial charge in [0.15, 0.2) is 0 Å². The van der Waals surface area contributed by atoms with Crippen LogP contribution in [-0.4, -0.2) is 51.2 Å². The van der Waals surface area contributed by atoms with Crippen LogP contribution in [0, 0.1) is 10.8 Å². The number of rotatable bonds is 8. The molecule has 2 saturated carbocycles. The molecule has 4 aliphatic rings. The second-order valence-electron chi connectivity index (χ2n) is 14.4. The lowest BCUT2D eigenvalue weighted by Crippen LogP contribution is -2.46. The van der Waals surface area contributed by atoms with E-state index in [4.69, 9.17) is 14.2 Å². The van der Waals surface area contributed by atoms with E-state index < -0.39 is 11.6 Å². The van der Waals surface area contributed by atoms with Crippen molar-refractivity contribution in [2.75, 3.05) is 0 Å². The molecule has 0 aromatic heterocycles. The first kappa shape index (κ1) is 34.4. The molecule has 0 unspecified atom stereocenters. The van der Waals surface area contributed by atoms with Gasteiger partial charge in [-0.25, -0.2) is 4.79 Å². The fraction of sp³-hybridized carbons (Fsp3) is 0.500. The maximum Gasteiger partial charge on any atom is 0.343 e. The Balaban J connectivity index is 1.34. The monoisotopic (exact) mass is 616 g/mol. The Morgan fingerprint density at radius 3 is 2.36 bits per heavy atom. The molecule has 0 bridgehead atoms. The van der Waals surface area contributed by atoms with Gasteiger partial charge in [-0.1, -0.05) is 70.2 Å². The maximum absolute atomic E-state index is 12.3. The summed E-state index contributed by atoms with van der Waals surface area (Å²) in [5, 5.41) is 21.3. The summed E-state index contributed by atoms with van der Waals surface area (Å²) in [5.74, 6) is -0.292. The molecular weight excluding hydrogens is 568 g/mol. The molecule has 7 nitrogen and oxygen atoms in total. The standard InChI is InChI=1S/C38H48O7/c1-26(18-19-32-34(3,4)24-31(43-27(2)39)25-36(32,7)42)15-12-13-17-30-21-28(33(41)44-30)16-11-9-10-14-20-38-35(5,6)22-29(40)23-37(38,8)45-38/h9-18,20-21,29,31,40,42H,22-25H2,1-8H3/b10-9+,13-12+,16-11+,20-14+,26-15+,30-17-/t19?,29-,31-,36+,37+,38-/m0/s1. The number of aliphatic hydroxyl groups is 2. The van der Waals surface area contributed by atoms with Gasteiger partial charge in [0, 0.05) is 30.8 Å². The third-order valence-electron chi connectivity index (χ3n) is 9.28. The fourth-order valence-corrected chi connectivity index (χ4v) is 7.44. The number of esters is 2. The summed E-state index contributed by atoms with van der Waals surface area (Å²) in [4.78, 5) is 23.7. The number of allylic oxidation sites excluding steroid dienone is 10. The summed E-state index contributed by atoms with van der Waals surface area (Å²) >= 11 is 0. The highest BCUT2D eigenvalue weighted by atomic mass is 16.6. The number of aliphatic hydroxyl groups excluding tert-OH is 1. The molecule has 2 N–H and O–H groups in total. The Labute approximate surface area is 267 Å². The predicted octanol–water partition coefficient (Wildman–Crippen LogP) is 6.82. The molecule has 3 fully saturated rings. The summed E-state index contributed by atoms with van der Waals surface area (Å²) in [7, 11) is 0. The fourth-order valence-electron chi connectivity index (χ4n) is 7.44. The third-order valence-corrected chi connectivity index (χ3v) is 9.28. The Morgan fingerprint density at radius 1 is 0.978 bits per heavy atom. The molecule has 242 valence electrons. The van der Waals surface area contributed by atoms with Crippen LogP contribution in [0.5, 0.6) is 0 Å². The lowest BCUT2D eigenvalue weighted by molar-refractivity contribution is -0.152. The SMILES string of the molecule is CC(=O)O[C@H]1CC(C)(C)C(=C=C/C(C)=C/C=C/C=C2C=C(/C=C/C=C/C=C/[C@@]34O[C@]3(C)C[C@@H](O)CC4(C)C)C(=O)O/2)[C@](C)(O)C1. The predicted molar refractivity (Wildman–Crippen MR) is 175 cm³/mol. The first-order valence-corrected chi connectivity index (χ1v) is 15.7. The minimum absolute atomic E-state index is 0.162. The maximum atomic E-state index is 12.3. The van der Waals surface area contributed by atoms with Crippen LogP contribution in [0.3, 0.4) is 0 Å². The normalized spacial score (nSPS) is 35.2. The van der Waals surface area contributed by atoms with Crippen molar-refractivity contribution in [2.24, 2.45) is 10.8 Å². The molecule has 0 amide bonds. The van der Waals surface area contributed by atoms with Crippen molar-refractivity contribution in [3.05, 3.63) is 101 Å². The summed E-state index contributed by atoms with van der Waals surface area (Å²) in [6.07, 6.45) is 23.8. The Morgan fingerprint density at radius 2 is 1.69 bits per heavy atom. The zero-order valence-electron chi connectivity index (χ0n) is 27.8. The van der Waals surface area contributed by atoms with E-state index in [0.717, 1.165) is 11.1 Å². The average molecular weight is 617 g/mol. The topological polar surface area (TPSA) is 106 Å². The van der Waals surface area contributed by atoms with E-state index >= 15 is 0 Å². The van der Waals surface area contributed by atoms with Gasteiger partial charge in [-0.3, -0.25) is 4.79 Å². The molecule has 7 heteroatoms. The van der Waals surface area contributed by atoms with Crippen molar-refractivity contribution < 1.29 is 34.0 Å². The van der Waals surface area contributed by atoms with E-state index in [-0.39, 0.29) is 40.2 Å². The number of epoxide rings is 1. The lowest BCUT2D eigenvalue weighted by Gasteiger charge is -2.44. The van der Waals surface area contributed by atoms with E-state index in [2.05, 4.69) is 32.6 Å². The molecule has 2 aliphatic carbocycles. The number of carbonyl (C=O) groups excluding carboxylic acids is 2. The van der Waals surface area contributed by atoms with Crippen LogP contribution >= 0.6 is 0 Å². The van der Waals surface area contributed by atoms with Gasteiger partial charge >= 0.3 is 11.9 Å². The van der Waals surface area contributed by atoms with Gasteiger partial charge in [-0.05, 0) is 75.0 Å². The Kier molecular flexibility index (Phi) is 9.73. The van der Waals surface area contributed by atoms with Crippen molar-refractivity contribution in [2.45, 2.75) is 110 Å². The van der Waals surface area contributed by atoms with E-state index in [1.807, 2.05) is 57.2 Å². The Hall–Kier alpha value is -3.48. The van der Waals surface area contributed by atoms with Crippen LogP contribution < -0.4 is 0 Å². The van der Waals surface area contributed by atoms with Crippen molar-refractivity contribution in [1.29, 1.82) is 0 Å². The van der Waals surface area contributed by atoms with Gasteiger partial charge in [0.25, 0.3) is 0 Å². The van der Waals surface area contributed by atoms with Crippen LogP contribution in [-0.2, 0) is 23.8 Å². The first-order chi connectivity index (χ1) is 20.9. The molecular formula is C38H48O7. The summed E-state index contributed by atoms with van der Waals surface area (Å²) in [6.45, 7) is 15.4. The quantitative estimate of drug-likeness (QED) is 0.133. The van der Waals surface area contributed by atoms with Crippen LogP contribution in [0.25, 0.3) is 0 Å². The number of hydrogen-bond acceptors (Lipinski definition) is 7.